The molecule has 4 nitrogen and oxygen atoms in total. The third-order valence-corrected chi connectivity index (χ3v) is 4.54. The molecule has 0 heterocycles. The third-order valence-electron chi connectivity index (χ3n) is 4.54. The highest BCUT2D eigenvalue weighted by atomic mass is 16.5. The molecular formula is C24H26N2O2. The predicted molar refractivity (Wildman–Crippen MR) is 115 cm³/mol. The van der Waals surface area contributed by atoms with Crippen LogP contribution in [0.25, 0.3) is 0 Å². The number of hydrogen-bond acceptors (Lipinski definition) is 3. The molecule has 1 amide bonds. The molecule has 0 aromatic heterocycles. The lowest BCUT2D eigenvalue weighted by atomic mass is 10.1. The summed E-state index contributed by atoms with van der Waals surface area (Å²) >= 11 is 0. The minimum Gasteiger partial charge on any atom is -0.494 e. The van der Waals surface area contributed by atoms with Crippen molar-refractivity contribution >= 4 is 17.3 Å². The number of para-hydroxylation sites is 1. The summed E-state index contributed by atoms with van der Waals surface area (Å²) in [6.07, 6.45) is 2.99. The fraction of sp³-hybridized carbons (Fsp3) is 0.208. The number of aryl methyl sites for hydroxylation is 2. The molecule has 3 N–H and O–H groups in total. The maximum Gasteiger partial charge on any atom is 0.224 e. The maximum absolute atomic E-state index is 12.1. The fourth-order valence-corrected chi connectivity index (χ4v) is 2.98. The van der Waals surface area contributed by atoms with Crippen LogP contribution in [0.1, 0.15) is 24.0 Å². The minimum atomic E-state index is -0.0280. The van der Waals surface area contributed by atoms with Gasteiger partial charge < -0.3 is 15.8 Å². The smallest absolute Gasteiger partial charge is 0.224 e. The van der Waals surface area contributed by atoms with Gasteiger partial charge in [-0.3, -0.25) is 4.79 Å². The van der Waals surface area contributed by atoms with Gasteiger partial charge in [0.1, 0.15) is 5.75 Å². The van der Waals surface area contributed by atoms with Crippen LogP contribution in [0.4, 0.5) is 11.4 Å². The van der Waals surface area contributed by atoms with Crippen LogP contribution in [0.5, 0.6) is 5.75 Å². The zero-order valence-corrected chi connectivity index (χ0v) is 15.9. The number of benzene rings is 3. The van der Waals surface area contributed by atoms with E-state index >= 15 is 0 Å². The summed E-state index contributed by atoms with van der Waals surface area (Å²) in [5, 5.41) is 2.91. The van der Waals surface area contributed by atoms with E-state index in [1.165, 1.54) is 5.56 Å². The van der Waals surface area contributed by atoms with Gasteiger partial charge in [-0.2, -0.15) is 0 Å². The van der Waals surface area contributed by atoms with E-state index in [2.05, 4.69) is 29.6 Å². The van der Waals surface area contributed by atoms with Crippen LogP contribution in [0.15, 0.2) is 78.9 Å². The largest absolute Gasteiger partial charge is 0.494 e. The summed E-state index contributed by atoms with van der Waals surface area (Å²) in [5.74, 6) is 0.780. The molecule has 0 radical (unpaired) electrons. The minimum absolute atomic E-state index is 0.0280. The molecular weight excluding hydrogens is 348 g/mol. The van der Waals surface area contributed by atoms with Crippen molar-refractivity contribution in [1.29, 1.82) is 0 Å². The summed E-state index contributed by atoms with van der Waals surface area (Å²) in [5.41, 5.74) is 9.72. The van der Waals surface area contributed by atoms with E-state index in [0.29, 0.717) is 19.4 Å². The highest BCUT2D eigenvalue weighted by molar-refractivity contribution is 5.90. The van der Waals surface area contributed by atoms with Crippen molar-refractivity contribution in [1.82, 2.24) is 0 Å². The van der Waals surface area contributed by atoms with Crippen LogP contribution in [0, 0.1) is 0 Å². The summed E-state index contributed by atoms with van der Waals surface area (Å²) in [4.78, 5) is 12.1. The molecule has 0 bridgehead atoms. The molecule has 144 valence electrons. The van der Waals surface area contributed by atoms with E-state index in [9.17, 15) is 4.79 Å². The average molecular weight is 374 g/mol. The Bertz CT molecular complexity index is 877. The van der Waals surface area contributed by atoms with Gasteiger partial charge in [-0.25, -0.2) is 0 Å². The molecule has 0 fully saturated rings. The summed E-state index contributed by atoms with van der Waals surface area (Å²) in [6.45, 7) is 0.666. The van der Waals surface area contributed by atoms with Gasteiger partial charge in [0, 0.05) is 17.8 Å². The quantitative estimate of drug-likeness (QED) is 0.416. The molecule has 0 aliphatic carbocycles. The normalized spacial score (nSPS) is 10.4. The predicted octanol–water partition coefficient (Wildman–Crippen LogP) is 4.85. The van der Waals surface area contributed by atoms with Gasteiger partial charge in [-0.1, -0.05) is 48.5 Å². The van der Waals surface area contributed by atoms with Crippen molar-refractivity contribution in [2.24, 2.45) is 0 Å². The van der Waals surface area contributed by atoms with Crippen molar-refractivity contribution in [3.8, 4) is 5.75 Å². The second-order valence-electron chi connectivity index (χ2n) is 6.71. The first-order chi connectivity index (χ1) is 13.7. The van der Waals surface area contributed by atoms with E-state index in [0.717, 1.165) is 35.5 Å². The number of rotatable bonds is 9. The third kappa shape index (κ3) is 6.16. The van der Waals surface area contributed by atoms with Gasteiger partial charge in [0.25, 0.3) is 0 Å². The molecule has 28 heavy (non-hydrogen) atoms. The highest BCUT2D eigenvalue weighted by Gasteiger charge is 2.05. The van der Waals surface area contributed by atoms with Crippen molar-refractivity contribution in [2.45, 2.75) is 25.7 Å². The van der Waals surface area contributed by atoms with Gasteiger partial charge in [0.05, 0.1) is 6.61 Å². The molecule has 0 atom stereocenters. The van der Waals surface area contributed by atoms with Gasteiger partial charge in [0.2, 0.25) is 5.91 Å². The van der Waals surface area contributed by atoms with Gasteiger partial charge >= 0.3 is 0 Å². The molecule has 0 unspecified atom stereocenters. The number of ether oxygens (including phenoxy) is 1. The number of anilines is 2. The van der Waals surface area contributed by atoms with E-state index in [4.69, 9.17) is 10.5 Å². The van der Waals surface area contributed by atoms with Crippen LogP contribution in [-0.2, 0) is 17.6 Å². The highest BCUT2D eigenvalue weighted by Crippen LogP contribution is 2.17. The number of amides is 1. The van der Waals surface area contributed by atoms with Crippen molar-refractivity contribution in [3.05, 3.63) is 90.0 Å². The van der Waals surface area contributed by atoms with Crippen molar-refractivity contribution in [2.75, 3.05) is 17.7 Å². The lowest BCUT2D eigenvalue weighted by Gasteiger charge is -2.09. The molecule has 3 rings (SSSR count). The molecule has 0 saturated heterocycles. The van der Waals surface area contributed by atoms with Crippen molar-refractivity contribution in [3.63, 3.8) is 0 Å². The van der Waals surface area contributed by atoms with Crippen molar-refractivity contribution < 1.29 is 9.53 Å². The second kappa shape index (κ2) is 10.2. The van der Waals surface area contributed by atoms with Gasteiger partial charge in [-0.15, -0.1) is 0 Å². The SMILES string of the molecule is Nc1ccccc1CCC(=O)Nc1ccc(OCCCc2ccccc2)cc1. The van der Waals surface area contributed by atoms with Crippen LogP contribution in [0.2, 0.25) is 0 Å². The Balaban J connectivity index is 1.39. The first kappa shape index (κ1) is 19.5. The molecule has 0 aliphatic heterocycles. The monoisotopic (exact) mass is 374 g/mol. The Kier molecular flexibility index (Phi) is 7.08. The summed E-state index contributed by atoms with van der Waals surface area (Å²) in [7, 11) is 0. The average Bonchev–Trinajstić information content (AvgIpc) is 2.72. The second-order valence-corrected chi connectivity index (χ2v) is 6.71. The number of carbonyl (C=O) groups is 1. The Hall–Kier alpha value is -3.27. The number of carbonyl (C=O) groups excluding carboxylic acids is 1. The molecule has 0 aliphatic rings. The van der Waals surface area contributed by atoms with E-state index in [1.807, 2.05) is 54.6 Å². The zero-order chi connectivity index (χ0) is 19.6. The number of hydrogen-bond donors (Lipinski definition) is 2. The standard InChI is InChI=1S/C24H26N2O2/c25-23-11-5-4-10-20(23)12-17-24(27)26-21-13-15-22(16-14-21)28-18-6-9-19-7-2-1-3-8-19/h1-5,7-8,10-11,13-16H,6,9,12,17-18,25H2,(H,26,27). The Labute approximate surface area is 166 Å². The lowest BCUT2D eigenvalue weighted by molar-refractivity contribution is -0.116. The van der Waals surface area contributed by atoms with Crippen LogP contribution in [-0.4, -0.2) is 12.5 Å². The molecule has 4 heteroatoms. The van der Waals surface area contributed by atoms with Gasteiger partial charge in [-0.05, 0) is 60.7 Å². The topological polar surface area (TPSA) is 64.4 Å². The van der Waals surface area contributed by atoms with Crippen LogP contribution >= 0.6 is 0 Å². The number of nitrogens with one attached hydrogen (secondary N) is 1. The van der Waals surface area contributed by atoms with E-state index < -0.39 is 0 Å². The Morgan fingerprint density at radius 2 is 1.57 bits per heavy atom. The van der Waals surface area contributed by atoms with Gasteiger partial charge in [0.15, 0.2) is 0 Å². The Morgan fingerprint density at radius 3 is 2.32 bits per heavy atom. The van der Waals surface area contributed by atoms with Crippen LogP contribution in [0.3, 0.4) is 0 Å². The number of nitrogens with two attached hydrogens (primary N) is 1. The Morgan fingerprint density at radius 1 is 0.857 bits per heavy atom. The molecule has 0 saturated carbocycles. The van der Waals surface area contributed by atoms with E-state index in [-0.39, 0.29) is 5.91 Å². The first-order valence-corrected chi connectivity index (χ1v) is 9.61. The fourth-order valence-electron chi connectivity index (χ4n) is 2.98. The van der Waals surface area contributed by atoms with E-state index in [1.54, 1.807) is 0 Å². The molecule has 3 aromatic rings. The lowest BCUT2D eigenvalue weighted by Crippen LogP contribution is -2.12. The molecule has 3 aromatic carbocycles. The summed E-state index contributed by atoms with van der Waals surface area (Å²) in [6, 6.07) is 25.5. The molecule has 0 spiro atoms. The summed E-state index contributed by atoms with van der Waals surface area (Å²) < 4.78 is 5.78. The maximum atomic E-state index is 12.1. The van der Waals surface area contributed by atoms with Crippen LogP contribution < -0.4 is 15.8 Å². The first-order valence-electron chi connectivity index (χ1n) is 9.61. The number of nitrogen functional groups attached to an aromatic ring is 1. The zero-order valence-electron chi connectivity index (χ0n) is 15.9.